The lowest BCUT2D eigenvalue weighted by Gasteiger charge is -2.34. The molecule has 1 aromatic rings. The van der Waals surface area contributed by atoms with Crippen molar-refractivity contribution in [1.29, 1.82) is 5.26 Å². The molecule has 0 aromatic carbocycles. The molecular weight excluding hydrogens is 224 g/mol. The molecule has 0 spiro atoms. The number of hydrogen-bond acceptors (Lipinski definition) is 4. The summed E-state index contributed by atoms with van der Waals surface area (Å²) in [5, 5.41) is 9.23. The number of nitriles is 1. The van der Waals surface area contributed by atoms with E-state index in [2.05, 4.69) is 22.9 Å². The van der Waals surface area contributed by atoms with E-state index in [-0.39, 0.29) is 6.04 Å². The summed E-state index contributed by atoms with van der Waals surface area (Å²) in [4.78, 5) is 6.59. The Labute approximate surface area is 108 Å². The maximum absolute atomic E-state index is 9.23. The lowest BCUT2D eigenvalue weighted by molar-refractivity contribution is 0.353. The molecule has 1 aliphatic heterocycles. The molecule has 0 amide bonds. The van der Waals surface area contributed by atoms with Crippen LogP contribution in [0.2, 0.25) is 0 Å². The van der Waals surface area contributed by atoms with Crippen LogP contribution < -0.4 is 10.6 Å². The van der Waals surface area contributed by atoms with Gasteiger partial charge in [-0.25, -0.2) is 4.98 Å². The minimum atomic E-state index is 0.257. The molecule has 0 bridgehead atoms. The summed E-state index contributed by atoms with van der Waals surface area (Å²) >= 11 is 0. The van der Waals surface area contributed by atoms with Crippen LogP contribution in [0, 0.1) is 24.2 Å². The molecule has 0 aliphatic carbocycles. The Balaban J connectivity index is 2.15. The van der Waals surface area contributed by atoms with Crippen molar-refractivity contribution in [1.82, 2.24) is 4.98 Å². The number of hydrogen-bond donors (Lipinski definition) is 1. The number of piperidine rings is 1. The molecule has 4 nitrogen and oxygen atoms in total. The van der Waals surface area contributed by atoms with Gasteiger partial charge in [0.25, 0.3) is 0 Å². The summed E-state index contributed by atoms with van der Waals surface area (Å²) < 4.78 is 0. The van der Waals surface area contributed by atoms with E-state index in [9.17, 15) is 5.26 Å². The van der Waals surface area contributed by atoms with Crippen molar-refractivity contribution in [2.45, 2.75) is 32.7 Å². The molecule has 1 atom stereocenters. The normalized spacial score (nSPS) is 18.4. The summed E-state index contributed by atoms with van der Waals surface area (Å²) in [7, 11) is 0. The van der Waals surface area contributed by atoms with Crippen molar-refractivity contribution in [2.24, 2.45) is 11.7 Å². The van der Waals surface area contributed by atoms with Crippen LogP contribution in [0.1, 0.15) is 30.9 Å². The van der Waals surface area contributed by atoms with Gasteiger partial charge >= 0.3 is 0 Å². The third kappa shape index (κ3) is 2.46. The van der Waals surface area contributed by atoms with E-state index in [1.165, 1.54) is 0 Å². The highest BCUT2D eigenvalue weighted by Crippen LogP contribution is 2.26. The summed E-state index contributed by atoms with van der Waals surface area (Å²) in [5.74, 6) is 1.43. The average molecular weight is 244 g/mol. The molecular formula is C14H20N4. The predicted octanol–water partition coefficient (Wildman–Crippen LogP) is 1.83. The number of anilines is 1. The first-order valence-corrected chi connectivity index (χ1v) is 6.49. The highest BCUT2D eigenvalue weighted by molar-refractivity contribution is 5.57. The van der Waals surface area contributed by atoms with E-state index in [4.69, 9.17) is 5.73 Å². The van der Waals surface area contributed by atoms with E-state index < -0.39 is 0 Å². The van der Waals surface area contributed by atoms with E-state index in [1.54, 1.807) is 6.20 Å². The number of aromatic nitrogens is 1. The number of rotatable bonds is 2. The standard InChI is InChI=1S/C14H20N4/c1-10-3-6-17-14(13(10)9-15)18-7-4-12(5-8-18)11(2)16/h3,6,11-12H,4-5,7-8,16H2,1-2H3. The van der Waals surface area contributed by atoms with Gasteiger partial charge in [0.05, 0.1) is 5.56 Å². The zero-order chi connectivity index (χ0) is 13.1. The Morgan fingerprint density at radius 1 is 1.50 bits per heavy atom. The minimum Gasteiger partial charge on any atom is -0.355 e. The molecule has 1 fully saturated rings. The fraction of sp³-hybridized carbons (Fsp3) is 0.571. The topological polar surface area (TPSA) is 65.9 Å². The Kier molecular flexibility index (Phi) is 3.83. The van der Waals surface area contributed by atoms with Crippen LogP contribution in [0.25, 0.3) is 0 Å². The van der Waals surface area contributed by atoms with Gasteiger partial charge in [-0.2, -0.15) is 5.26 Å². The summed E-state index contributed by atoms with van der Waals surface area (Å²) in [6, 6.07) is 4.41. The molecule has 0 radical (unpaired) electrons. The zero-order valence-electron chi connectivity index (χ0n) is 11.1. The summed E-state index contributed by atoms with van der Waals surface area (Å²) in [6.07, 6.45) is 3.94. The molecule has 18 heavy (non-hydrogen) atoms. The van der Waals surface area contributed by atoms with Gasteiger partial charge in [-0.05, 0) is 44.2 Å². The van der Waals surface area contributed by atoms with Gasteiger partial charge in [0.15, 0.2) is 0 Å². The van der Waals surface area contributed by atoms with Gasteiger partial charge in [-0.3, -0.25) is 0 Å². The van der Waals surface area contributed by atoms with Gasteiger partial charge in [0, 0.05) is 25.3 Å². The molecule has 2 heterocycles. The number of pyridine rings is 1. The molecule has 2 rings (SSSR count). The quantitative estimate of drug-likeness (QED) is 0.862. The van der Waals surface area contributed by atoms with E-state index in [1.807, 2.05) is 13.0 Å². The van der Waals surface area contributed by atoms with Gasteiger partial charge < -0.3 is 10.6 Å². The second-order valence-corrected chi connectivity index (χ2v) is 5.12. The average Bonchev–Trinajstić information content (AvgIpc) is 2.38. The van der Waals surface area contributed by atoms with Gasteiger partial charge in [-0.1, -0.05) is 0 Å². The van der Waals surface area contributed by atoms with Gasteiger partial charge in [0.1, 0.15) is 11.9 Å². The molecule has 2 N–H and O–H groups in total. The molecule has 4 heteroatoms. The van der Waals surface area contributed by atoms with Crippen molar-refractivity contribution < 1.29 is 0 Å². The van der Waals surface area contributed by atoms with Crippen LogP contribution in [0.5, 0.6) is 0 Å². The Bertz CT molecular complexity index is 453. The van der Waals surface area contributed by atoms with E-state index in [0.29, 0.717) is 11.5 Å². The van der Waals surface area contributed by atoms with Crippen LogP contribution in [-0.2, 0) is 0 Å². The molecule has 1 aromatic heterocycles. The molecule has 1 saturated heterocycles. The van der Waals surface area contributed by atoms with Gasteiger partial charge in [0.2, 0.25) is 0 Å². The first-order valence-electron chi connectivity index (χ1n) is 6.49. The minimum absolute atomic E-state index is 0.257. The van der Waals surface area contributed by atoms with Gasteiger partial charge in [-0.15, -0.1) is 0 Å². The third-order valence-electron chi connectivity index (χ3n) is 3.83. The third-order valence-corrected chi connectivity index (χ3v) is 3.83. The number of nitrogens with two attached hydrogens (primary N) is 1. The smallest absolute Gasteiger partial charge is 0.146 e. The Morgan fingerprint density at radius 2 is 2.17 bits per heavy atom. The van der Waals surface area contributed by atoms with Crippen molar-refractivity contribution in [3.05, 3.63) is 23.4 Å². The monoisotopic (exact) mass is 244 g/mol. The maximum atomic E-state index is 9.23. The fourth-order valence-electron chi connectivity index (χ4n) is 2.56. The fourth-order valence-corrected chi connectivity index (χ4v) is 2.56. The van der Waals surface area contributed by atoms with Crippen molar-refractivity contribution in [3.63, 3.8) is 0 Å². The largest absolute Gasteiger partial charge is 0.355 e. The lowest BCUT2D eigenvalue weighted by Crippen LogP contribution is -2.40. The molecule has 0 saturated carbocycles. The highest BCUT2D eigenvalue weighted by Gasteiger charge is 2.24. The highest BCUT2D eigenvalue weighted by atomic mass is 15.2. The Morgan fingerprint density at radius 3 is 2.72 bits per heavy atom. The van der Waals surface area contributed by atoms with E-state index in [0.717, 1.165) is 37.3 Å². The van der Waals surface area contributed by atoms with Crippen LogP contribution in [0.4, 0.5) is 5.82 Å². The second-order valence-electron chi connectivity index (χ2n) is 5.12. The van der Waals surface area contributed by atoms with Crippen LogP contribution in [0.15, 0.2) is 12.3 Å². The second kappa shape index (κ2) is 5.36. The number of aryl methyl sites for hydroxylation is 1. The van der Waals surface area contributed by atoms with Crippen molar-refractivity contribution in [3.8, 4) is 6.07 Å². The summed E-state index contributed by atoms with van der Waals surface area (Å²) in [5.41, 5.74) is 7.65. The maximum Gasteiger partial charge on any atom is 0.146 e. The molecule has 1 unspecified atom stereocenters. The van der Waals surface area contributed by atoms with E-state index >= 15 is 0 Å². The molecule has 1 aliphatic rings. The zero-order valence-corrected chi connectivity index (χ0v) is 11.1. The van der Waals surface area contributed by atoms with Crippen molar-refractivity contribution in [2.75, 3.05) is 18.0 Å². The first kappa shape index (κ1) is 12.8. The molecule has 96 valence electrons. The van der Waals surface area contributed by atoms with Crippen LogP contribution >= 0.6 is 0 Å². The van der Waals surface area contributed by atoms with Crippen LogP contribution in [0.3, 0.4) is 0 Å². The SMILES string of the molecule is Cc1ccnc(N2CCC(C(C)N)CC2)c1C#N. The van der Waals surface area contributed by atoms with Crippen molar-refractivity contribution >= 4 is 5.82 Å². The first-order chi connectivity index (χ1) is 8.63. The van der Waals surface area contributed by atoms with Crippen LogP contribution in [-0.4, -0.2) is 24.1 Å². The summed E-state index contributed by atoms with van der Waals surface area (Å²) in [6.45, 7) is 5.92. The number of nitrogens with zero attached hydrogens (tertiary/aromatic N) is 3. The Hall–Kier alpha value is -1.60. The predicted molar refractivity (Wildman–Crippen MR) is 72.3 cm³/mol. The lowest BCUT2D eigenvalue weighted by atomic mass is 9.91.